The Morgan fingerprint density at radius 1 is 1.16 bits per heavy atom. The van der Waals surface area contributed by atoms with E-state index in [0.29, 0.717) is 22.8 Å². The average molecular weight is 333 g/mol. The summed E-state index contributed by atoms with van der Waals surface area (Å²) in [5, 5.41) is 6.52. The van der Waals surface area contributed by atoms with Gasteiger partial charge < -0.3 is 15.4 Å². The molecule has 124 valence electrons. The highest BCUT2D eigenvalue weighted by molar-refractivity contribution is 6.05. The number of ether oxygens (including phenoxy) is 1. The standard InChI is InChI=1S/C19H15N3O3/c1-11-18(23)22-16-10-13(7-9-17(16)25-11)20-19(24)15-8-6-12-4-2-3-5-14(12)21-15/h2-11H,1H3,(H,20,24)(H,22,23). The molecule has 1 aromatic heterocycles. The summed E-state index contributed by atoms with van der Waals surface area (Å²) < 4.78 is 5.50. The number of fused-ring (bicyclic) bond motifs is 2. The van der Waals surface area contributed by atoms with E-state index in [-0.39, 0.29) is 11.8 Å². The number of nitrogens with one attached hydrogen (secondary N) is 2. The minimum Gasteiger partial charge on any atom is -0.479 e. The van der Waals surface area contributed by atoms with Gasteiger partial charge in [0.1, 0.15) is 11.4 Å². The maximum absolute atomic E-state index is 12.5. The Hall–Kier alpha value is -3.41. The van der Waals surface area contributed by atoms with Gasteiger partial charge >= 0.3 is 0 Å². The van der Waals surface area contributed by atoms with Crippen LogP contribution in [0.5, 0.6) is 5.75 Å². The normalized spacial score (nSPS) is 15.9. The van der Waals surface area contributed by atoms with Crippen LogP contribution in [0.3, 0.4) is 0 Å². The van der Waals surface area contributed by atoms with Gasteiger partial charge in [0.2, 0.25) is 0 Å². The average Bonchev–Trinajstić information content (AvgIpc) is 2.62. The molecule has 6 nitrogen and oxygen atoms in total. The SMILES string of the molecule is CC1Oc2ccc(NC(=O)c3ccc4ccccc4n3)cc2NC1=O. The Labute approximate surface area is 143 Å². The first-order chi connectivity index (χ1) is 12.1. The molecule has 0 saturated heterocycles. The maximum atomic E-state index is 12.5. The molecule has 1 aliphatic rings. The number of para-hydroxylation sites is 1. The van der Waals surface area contributed by atoms with Gasteiger partial charge in [0.15, 0.2) is 6.10 Å². The number of carbonyl (C=O) groups is 2. The molecule has 2 N–H and O–H groups in total. The molecule has 0 spiro atoms. The summed E-state index contributed by atoms with van der Waals surface area (Å²) in [6.07, 6.45) is -0.533. The van der Waals surface area contributed by atoms with Crippen molar-refractivity contribution in [3.63, 3.8) is 0 Å². The van der Waals surface area contributed by atoms with E-state index in [2.05, 4.69) is 15.6 Å². The molecule has 2 aromatic carbocycles. The molecule has 25 heavy (non-hydrogen) atoms. The molecule has 0 radical (unpaired) electrons. The molecule has 3 aromatic rings. The van der Waals surface area contributed by atoms with Crippen LogP contribution in [0, 0.1) is 0 Å². The van der Waals surface area contributed by atoms with Crippen LogP contribution in [0.4, 0.5) is 11.4 Å². The lowest BCUT2D eigenvalue weighted by Gasteiger charge is -2.23. The predicted octanol–water partition coefficient (Wildman–Crippen LogP) is 3.21. The zero-order valence-corrected chi connectivity index (χ0v) is 13.4. The van der Waals surface area contributed by atoms with Crippen LogP contribution in [0.25, 0.3) is 10.9 Å². The summed E-state index contributed by atoms with van der Waals surface area (Å²) in [5.41, 5.74) is 2.17. The Kier molecular flexibility index (Phi) is 3.57. The van der Waals surface area contributed by atoms with Crippen molar-refractivity contribution in [1.29, 1.82) is 0 Å². The van der Waals surface area contributed by atoms with Crippen molar-refractivity contribution in [3.8, 4) is 5.75 Å². The number of carbonyl (C=O) groups excluding carboxylic acids is 2. The lowest BCUT2D eigenvalue weighted by atomic mass is 10.2. The van der Waals surface area contributed by atoms with Crippen LogP contribution >= 0.6 is 0 Å². The van der Waals surface area contributed by atoms with E-state index in [4.69, 9.17) is 4.74 Å². The van der Waals surface area contributed by atoms with Gasteiger partial charge in [0.05, 0.1) is 11.2 Å². The molecule has 1 unspecified atom stereocenters. The van der Waals surface area contributed by atoms with E-state index in [1.54, 1.807) is 31.2 Å². The van der Waals surface area contributed by atoms with E-state index in [0.717, 1.165) is 10.9 Å². The van der Waals surface area contributed by atoms with Crippen molar-refractivity contribution in [2.24, 2.45) is 0 Å². The molecular weight excluding hydrogens is 318 g/mol. The molecule has 4 rings (SSSR count). The summed E-state index contributed by atoms with van der Waals surface area (Å²) in [6.45, 7) is 1.68. The number of rotatable bonds is 2. The van der Waals surface area contributed by atoms with Gasteiger partial charge in [-0.25, -0.2) is 4.98 Å². The number of amides is 2. The molecule has 6 heteroatoms. The van der Waals surface area contributed by atoms with Gasteiger partial charge in [-0.2, -0.15) is 0 Å². The lowest BCUT2D eigenvalue weighted by molar-refractivity contribution is -0.122. The second kappa shape index (κ2) is 5.90. The third-order valence-electron chi connectivity index (χ3n) is 4.00. The van der Waals surface area contributed by atoms with Gasteiger partial charge in [-0.3, -0.25) is 9.59 Å². The van der Waals surface area contributed by atoms with Crippen molar-refractivity contribution < 1.29 is 14.3 Å². The highest BCUT2D eigenvalue weighted by Crippen LogP contribution is 2.32. The van der Waals surface area contributed by atoms with Crippen molar-refractivity contribution in [2.75, 3.05) is 10.6 Å². The summed E-state index contributed by atoms with van der Waals surface area (Å²) in [6, 6.07) is 16.3. The third-order valence-corrected chi connectivity index (χ3v) is 4.00. The van der Waals surface area contributed by atoms with Crippen molar-refractivity contribution in [3.05, 3.63) is 60.3 Å². The molecule has 1 atom stereocenters. The second-order valence-corrected chi connectivity index (χ2v) is 5.80. The van der Waals surface area contributed by atoms with Crippen LogP contribution in [0.2, 0.25) is 0 Å². The minimum absolute atomic E-state index is 0.216. The van der Waals surface area contributed by atoms with Gasteiger partial charge in [-0.1, -0.05) is 24.3 Å². The topological polar surface area (TPSA) is 80.3 Å². The van der Waals surface area contributed by atoms with Crippen LogP contribution in [-0.2, 0) is 4.79 Å². The van der Waals surface area contributed by atoms with Crippen LogP contribution in [0.15, 0.2) is 54.6 Å². The van der Waals surface area contributed by atoms with Gasteiger partial charge in [0.25, 0.3) is 11.8 Å². The Bertz CT molecular complexity index is 1000. The fourth-order valence-corrected chi connectivity index (χ4v) is 2.67. The van der Waals surface area contributed by atoms with E-state index in [1.165, 1.54) is 0 Å². The van der Waals surface area contributed by atoms with Crippen molar-refractivity contribution >= 4 is 34.1 Å². The number of benzene rings is 2. The first kappa shape index (κ1) is 15.1. The molecule has 2 amide bonds. The fourth-order valence-electron chi connectivity index (χ4n) is 2.67. The third kappa shape index (κ3) is 2.89. The number of aromatic nitrogens is 1. The smallest absolute Gasteiger partial charge is 0.274 e. The number of pyridine rings is 1. The molecule has 0 saturated carbocycles. The van der Waals surface area contributed by atoms with Crippen LogP contribution in [0.1, 0.15) is 17.4 Å². The molecule has 0 bridgehead atoms. The fraction of sp³-hybridized carbons (Fsp3) is 0.105. The molecule has 1 aliphatic heterocycles. The largest absolute Gasteiger partial charge is 0.479 e. The van der Waals surface area contributed by atoms with Crippen molar-refractivity contribution in [2.45, 2.75) is 13.0 Å². The minimum atomic E-state index is -0.533. The maximum Gasteiger partial charge on any atom is 0.274 e. The molecule has 2 heterocycles. The quantitative estimate of drug-likeness (QED) is 0.755. The Morgan fingerprint density at radius 2 is 2.00 bits per heavy atom. The number of hydrogen-bond donors (Lipinski definition) is 2. The first-order valence-corrected chi connectivity index (χ1v) is 7.89. The van der Waals surface area contributed by atoms with Gasteiger partial charge in [-0.05, 0) is 37.3 Å². The Morgan fingerprint density at radius 3 is 2.88 bits per heavy atom. The van der Waals surface area contributed by atoms with Gasteiger partial charge in [-0.15, -0.1) is 0 Å². The summed E-state index contributed by atoms with van der Waals surface area (Å²) in [7, 11) is 0. The monoisotopic (exact) mass is 333 g/mol. The Balaban J connectivity index is 1.58. The van der Waals surface area contributed by atoms with Gasteiger partial charge in [0, 0.05) is 11.1 Å². The number of anilines is 2. The van der Waals surface area contributed by atoms with Crippen molar-refractivity contribution in [1.82, 2.24) is 4.98 Å². The number of hydrogen-bond acceptors (Lipinski definition) is 4. The summed E-state index contributed by atoms with van der Waals surface area (Å²) >= 11 is 0. The number of nitrogens with zero attached hydrogens (tertiary/aromatic N) is 1. The van der Waals surface area contributed by atoms with Crippen LogP contribution in [-0.4, -0.2) is 22.9 Å². The van der Waals surface area contributed by atoms with E-state index < -0.39 is 6.10 Å². The predicted molar refractivity (Wildman–Crippen MR) is 94.9 cm³/mol. The summed E-state index contributed by atoms with van der Waals surface area (Å²) in [4.78, 5) is 28.5. The molecule has 0 aliphatic carbocycles. The highest BCUT2D eigenvalue weighted by atomic mass is 16.5. The van der Waals surface area contributed by atoms with Crippen LogP contribution < -0.4 is 15.4 Å². The van der Waals surface area contributed by atoms with E-state index in [1.807, 2.05) is 30.3 Å². The summed E-state index contributed by atoms with van der Waals surface area (Å²) in [5.74, 6) is 0.0447. The first-order valence-electron chi connectivity index (χ1n) is 7.89. The molecular formula is C19H15N3O3. The molecule has 0 fully saturated rings. The lowest BCUT2D eigenvalue weighted by Crippen LogP contribution is -2.34. The highest BCUT2D eigenvalue weighted by Gasteiger charge is 2.23. The van der Waals surface area contributed by atoms with E-state index >= 15 is 0 Å². The second-order valence-electron chi connectivity index (χ2n) is 5.80. The van der Waals surface area contributed by atoms with E-state index in [9.17, 15) is 9.59 Å². The zero-order chi connectivity index (χ0) is 17.4. The zero-order valence-electron chi connectivity index (χ0n) is 13.4.